The van der Waals surface area contributed by atoms with E-state index in [4.69, 9.17) is 4.98 Å². The number of rotatable bonds is 5. The molecule has 112 valence electrons. The first kappa shape index (κ1) is 15.0. The molecule has 0 spiro atoms. The molecule has 0 aliphatic carbocycles. The van der Waals surface area contributed by atoms with E-state index in [0.29, 0.717) is 12.5 Å². The normalized spacial score (nSPS) is 16.5. The highest BCUT2D eigenvalue weighted by Crippen LogP contribution is 2.27. The Kier molecular flexibility index (Phi) is 5.17. The Morgan fingerprint density at radius 2 is 2.00 bits per heavy atom. The fraction of sp³-hybridized carbons (Fsp3) is 0.733. The zero-order chi connectivity index (χ0) is 14.5. The highest BCUT2D eigenvalue weighted by Gasteiger charge is 2.22. The maximum Gasteiger partial charge on any atom is 0.137 e. The van der Waals surface area contributed by atoms with E-state index in [1.54, 1.807) is 0 Å². The second kappa shape index (κ2) is 6.88. The summed E-state index contributed by atoms with van der Waals surface area (Å²) in [6.07, 6.45) is 4.04. The Morgan fingerprint density at radius 3 is 2.55 bits per heavy atom. The molecule has 0 bridgehead atoms. The van der Waals surface area contributed by atoms with Gasteiger partial charge in [-0.15, -0.1) is 0 Å². The van der Waals surface area contributed by atoms with E-state index < -0.39 is 0 Å². The molecular weight excluding hydrogens is 252 g/mol. The third-order valence-electron chi connectivity index (χ3n) is 4.05. The van der Waals surface area contributed by atoms with Gasteiger partial charge in [0.1, 0.15) is 17.5 Å². The third-order valence-corrected chi connectivity index (χ3v) is 4.05. The molecule has 2 N–H and O–H groups in total. The van der Waals surface area contributed by atoms with Crippen molar-refractivity contribution in [2.24, 2.45) is 5.92 Å². The Hall–Kier alpha value is -1.36. The van der Waals surface area contributed by atoms with Crippen LogP contribution in [0.5, 0.6) is 0 Å². The van der Waals surface area contributed by atoms with Crippen LogP contribution in [-0.4, -0.2) is 41.8 Å². The van der Waals surface area contributed by atoms with Crippen LogP contribution in [0.15, 0.2) is 0 Å². The van der Waals surface area contributed by atoms with Crippen molar-refractivity contribution in [2.45, 2.75) is 39.5 Å². The van der Waals surface area contributed by atoms with Crippen molar-refractivity contribution in [1.29, 1.82) is 0 Å². The second-order valence-corrected chi connectivity index (χ2v) is 5.55. The Balaban J connectivity index is 2.23. The molecule has 1 aromatic rings. The van der Waals surface area contributed by atoms with Crippen molar-refractivity contribution >= 4 is 11.6 Å². The minimum absolute atomic E-state index is 0.305. The van der Waals surface area contributed by atoms with Gasteiger partial charge in [-0.05, 0) is 32.1 Å². The van der Waals surface area contributed by atoms with Gasteiger partial charge in [-0.2, -0.15) is 0 Å². The van der Waals surface area contributed by atoms with Crippen LogP contribution >= 0.6 is 0 Å². The molecule has 0 unspecified atom stereocenters. The molecule has 0 atom stereocenters. The fourth-order valence-corrected chi connectivity index (χ4v) is 2.76. The zero-order valence-corrected chi connectivity index (χ0v) is 12.8. The van der Waals surface area contributed by atoms with Gasteiger partial charge >= 0.3 is 0 Å². The summed E-state index contributed by atoms with van der Waals surface area (Å²) in [5.41, 5.74) is 1.12. The van der Waals surface area contributed by atoms with Crippen molar-refractivity contribution in [3.63, 3.8) is 0 Å². The van der Waals surface area contributed by atoms with Gasteiger partial charge in [-0.1, -0.05) is 6.92 Å². The predicted octanol–water partition coefficient (Wildman–Crippen LogP) is 1.99. The van der Waals surface area contributed by atoms with Crippen molar-refractivity contribution in [3.05, 3.63) is 11.4 Å². The van der Waals surface area contributed by atoms with Gasteiger partial charge in [-0.25, -0.2) is 9.97 Å². The largest absolute Gasteiger partial charge is 0.396 e. The fourth-order valence-electron chi connectivity index (χ4n) is 2.76. The van der Waals surface area contributed by atoms with Gasteiger partial charge in [-0.3, -0.25) is 0 Å². The minimum Gasteiger partial charge on any atom is -0.396 e. The average Bonchev–Trinajstić information content (AvgIpc) is 2.49. The highest BCUT2D eigenvalue weighted by molar-refractivity contribution is 5.58. The molecule has 2 rings (SSSR count). The molecule has 1 fully saturated rings. The number of aromatic nitrogens is 2. The van der Waals surface area contributed by atoms with Gasteiger partial charge in [0.15, 0.2) is 0 Å². The maximum absolute atomic E-state index is 9.24. The lowest BCUT2D eigenvalue weighted by molar-refractivity contribution is 0.202. The third kappa shape index (κ3) is 3.20. The first-order valence-electron chi connectivity index (χ1n) is 7.60. The topological polar surface area (TPSA) is 61.3 Å². The van der Waals surface area contributed by atoms with E-state index in [-0.39, 0.29) is 0 Å². The van der Waals surface area contributed by atoms with E-state index in [0.717, 1.165) is 61.8 Å². The minimum atomic E-state index is 0.305. The number of hydrogen-bond donors (Lipinski definition) is 2. The molecule has 5 heteroatoms. The predicted molar refractivity (Wildman–Crippen MR) is 82.3 cm³/mol. The molecular formula is C15H26N4O. The highest BCUT2D eigenvalue weighted by atomic mass is 16.3. The van der Waals surface area contributed by atoms with Crippen LogP contribution in [0.1, 0.15) is 37.6 Å². The van der Waals surface area contributed by atoms with Crippen LogP contribution in [0.3, 0.4) is 0 Å². The van der Waals surface area contributed by atoms with Gasteiger partial charge in [0.05, 0.1) is 0 Å². The number of piperidine rings is 1. The number of hydrogen-bond acceptors (Lipinski definition) is 5. The van der Waals surface area contributed by atoms with Crippen LogP contribution in [0, 0.1) is 12.8 Å². The summed E-state index contributed by atoms with van der Waals surface area (Å²) in [6, 6.07) is 0. The summed E-state index contributed by atoms with van der Waals surface area (Å²) in [6.45, 7) is 6.47. The van der Waals surface area contributed by atoms with E-state index in [2.05, 4.69) is 29.0 Å². The summed E-state index contributed by atoms with van der Waals surface area (Å²) < 4.78 is 0. The van der Waals surface area contributed by atoms with Crippen LogP contribution < -0.4 is 10.2 Å². The van der Waals surface area contributed by atoms with E-state index in [1.165, 1.54) is 0 Å². The Bertz CT molecular complexity index is 442. The number of aliphatic hydroxyl groups is 1. The molecule has 1 aliphatic heterocycles. The quantitative estimate of drug-likeness (QED) is 0.862. The van der Waals surface area contributed by atoms with E-state index in [9.17, 15) is 5.11 Å². The van der Waals surface area contributed by atoms with Crippen LogP contribution in [0.2, 0.25) is 0 Å². The molecule has 2 heterocycles. The average molecular weight is 278 g/mol. The van der Waals surface area contributed by atoms with Gasteiger partial charge in [0.25, 0.3) is 0 Å². The van der Waals surface area contributed by atoms with Gasteiger partial charge in [0, 0.05) is 38.7 Å². The number of nitrogens with one attached hydrogen (secondary N) is 1. The molecule has 1 aliphatic rings. The number of anilines is 2. The first-order valence-corrected chi connectivity index (χ1v) is 7.60. The summed E-state index contributed by atoms with van der Waals surface area (Å²) in [5, 5.41) is 12.4. The number of aryl methyl sites for hydroxylation is 1. The van der Waals surface area contributed by atoms with Crippen molar-refractivity contribution in [1.82, 2.24) is 9.97 Å². The standard InChI is InChI=1S/C15H26N4O/c1-4-5-13-17-14(16-3)11(2)15(18-13)19-8-6-12(10-20)7-9-19/h12,20H,4-10H2,1-3H3,(H,16,17,18). The Labute approximate surface area is 121 Å². The molecule has 5 nitrogen and oxygen atoms in total. The molecule has 1 saturated heterocycles. The lowest BCUT2D eigenvalue weighted by atomic mass is 9.97. The summed E-state index contributed by atoms with van der Waals surface area (Å²) in [5.74, 6) is 3.36. The van der Waals surface area contributed by atoms with Crippen LogP contribution in [0.25, 0.3) is 0 Å². The SMILES string of the molecule is CCCc1nc(NC)c(C)c(N2CCC(CO)CC2)n1. The zero-order valence-electron chi connectivity index (χ0n) is 12.8. The van der Waals surface area contributed by atoms with Crippen LogP contribution in [0.4, 0.5) is 11.6 Å². The maximum atomic E-state index is 9.24. The number of nitrogens with zero attached hydrogens (tertiary/aromatic N) is 3. The van der Waals surface area contributed by atoms with Crippen molar-refractivity contribution in [2.75, 3.05) is 37.0 Å². The molecule has 20 heavy (non-hydrogen) atoms. The summed E-state index contributed by atoms with van der Waals surface area (Å²) in [4.78, 5) is 11.7. The number of aliphatic hydroxyl groups excluding tert-OH is 1. The molecule has 0 radical (unpaired) electrons. The monoisotopic (exact) mass is 278 g/mol. The van der Waals surface area contributed by atoms with Crippen molar-refractivity contribution < 1.29 is 5.11 Å². The summed E-state index contributed by atoms with van der Waals surface area (Å²) in [7, 11) is 1.91. The van der Waals surface area contributed by atoms with E-state index in [1.807, 2.05) is 7.05 Å². The molecule has 0 amide bonds. The lowest BCUT2D eigenvalue weighted by Crippen LogP contribution is -2.36. The lowest BCUT2D eigenvalue weighted by Gasteiger charge is -2.33. The summed E-state index contributed by atoms with van der Waals surface area (Å²) >= 11 is 0. The first-order chi connectivity index (χ1) is 9.69. The van der Waals surface area contributed by atoms with Crippen LogP contribution in [-0.2, 0) is 6.42 Å². The second-order valence-electron chi connectivity index (χ2n) is 5.55. The Morgan fingerprint density at radius 1 is 1.30 bits per heavy atom. The molecule has 0 saturated carbocycles. The molecule has 1 aromatic heterocycles. The van der Waals surface area contributed by atoms with Gasteiger partial charge < -0.3 is 15.3 Å². The van der Waals surface area contributed by atoms with E-state index >= 15 is 0 Å². The smallest absolute Gasteiger partial charge is 0.137 e. The molecule has 0 aromatic carbocycles. The van der Waals surface area contributed by atoms with Gasteiger partial charge in [0.2, 0.25) is 0 Å². The van der Waals surface area contributed by atoms with Crippen molar-refractivity contribution in [3.8, 4) is 0 Å².